The molecule has 1 saturated carbocycles. The molecular formula is C20H22N2O2. The highest BCUT2D eigenvalue weighted by atomic mass is 16.6. The van der Waals surface area contributed by atoms with Crippen molar-refractivity contribution in [2.45, 2.75) is 44.8 Å². The first-order chi connectivity index (χ1) is 11.9. The minimum atomic E-state index is 0.512. The van der Waals surface area contributed by atoms with Crippen LogP contribution in [0.5, 0.6) is 0 Å². The molecule has 1 aliphatic carbocycles. The molecule has 0 aliphatic heterocycles. The molecule has 0 atom stereocenters. The zero-order chi connectivity index (χ0) is 16.2. The fourth-order valence-electron chi connectivity index (χ4n) is 3.20. The van der Waals surface area contributed by atoms with E-state index in [-0.39, 0.29) is 0 Å². The van der Waals surface area contributed by atoms with Crippen LogP contribution in [-0.2, 0) is 11.4 Å². The van der Waals surface area contributed by atoms with Gasteiger partial charge in [0.1, 0.15) is 5.52 Å². The molecule has 0 spiro atoms. The number of fused-ring (bicyclic) bond motifs is 1. The maximum absolute atomic E-state index is 5.80. The Morgan fingerprint density at radius 3 is 2.58 bits per heavy atom. The average Bonchev–Trinajstić information content (AvgIpc) is 3.07. The van der Waals surface area contributed by atoms with Gasteiger partial charge in [0.2, 0.25) is 5.89 Å². The second kappa shape index (κ2) is 7.16. The van der Waals surface area contributed by atoms with Gasteiger partial charge in [0, 0.05) is 11.6 Å². The molecule has 0 radical (unpaired) electrons. The lowest BCUT2D eigenvalue weighted by molar-refractivity contribution is -0.00457. The summed E-state index contributed by atoms with van der Waals surface area (Å²) in [6, 6.07) is 16.5. The molecule has 124 valence electrons. The smallest absolute Gasteiger partial charge is 0.227 e. The predicted octanol–water partition coefficient (Wildman–Crippen LogP) is 4.85. The van der Waals surface area contributed by atoms with Gasteiger partial charge in [0.15, 0.2) is 5.58 Å². The summed E-state index contributed by atoms with van der Waals surface area (Å²) in [6.45, 7) is 0.574. The number of aromatic nitrogens is 1. The van der Waals surface area contributed by atoms with E-state index in [1.165, 1.54) is 32.1 Å². The quantitative estimate of drug-likeness (QED) is 0.682. The van der Waals surface area contributed by atoms with E-state index in [9.17, 15) is 0 Å². The summed E-state index contributed by atoms with van der Waals surface area (Å²) in [5, 5.41) is 0. The zero-order valence-corrected chi connectivity index (χ0v) is 13.7. The van der Waals surface area contributed by atoms with Gasteiger partial charge < -0.3 is 4.42 Å². The Balaban J connectivity index is 1.37. The van der Waals surface area contributed by atoms with Gasteiger partial charge in [-0.05, 0) is 42.7 Å². The Kier molecular flexibility index (Phi) is 4.58. The number of para-hydroxylation sites is 2. The number of benzene rings is 2. The predicted molar refractivity (Wildman–Crippen MR) is 94.2 cm³/mol. The Bertz CT molecular complexity index is 756. The van der Waals surface area contributed by atoms with Crippen LogP contribution in [0.3, 0.4) is 0 Å². The van der Waals surface area contributed by atoms with Gasteiger partial charge in [-0.2, -0.15) is 5.48 Å². The van der Waals surface area contributed by atoms with Crippen LogP contribution in [0.2, 0.25) is 0 Å². The summed E-state index contributed by atoms with van der Waals surface area (Å²) in [6.07, 6.45) is 6.41. The van der Waals surface area contributed by atoms with E-state index in [0.717, 1.165) is 22.2 Å². The van der Waals surface area contributed by atoms with E-state index in [1.807, 2.05) is 36.4 Å². The fourth-order valence-corrected chi connectivity index (χ4v) is 3.20. The fraction of sp³-hybridized carbons (Fsp3) is 0.350. The van der Waals surface area contributed by atoms with Crippen LogP contribution in [0.25, 0.3) is 22.6 Å². The van der Waals surface area contributed by atoms with Crippen molar-refractivity contribution in [1.29, 1.82) is 0 Å². The van der Waals surface area contributed by atoms with Gasteiger partial charge in [0.05, 0.1) is 6.61 Å². The first-order valence-electron chi connectivity index (χ1n) is 8.71. The molecule has 4 heteroatoms. The number of rotatable bonds is 5. The van der Waals surface area contributed by atoms with Gasteiger partial charge in [-0.1, -0.05) is 43.5 Å². The third kappa shape index (κ3) is 3.50. The standard InChI is InChI=1S/C20H22N2O2/c1-2-6-17(7-3-1)22-23-14-15-10-12-16(13-11-15)20-21-18-8-4-5-9-19(18)24-20/h4-5,8-13,17,22H,1-3,6-7,14H2. The summed E-state index contributed by atoms with van der Waals surface area (Å²) < 4.78 is 5.80. The van der Waals surface area contributed by atoms with E-state index < -0.39 is 0 Å². The molecule has 4 nitrogen and oxygen atoms in total. The minimum absolute atomic E-state index is 0.512. The normalized spacial score (nSPS) is 15.8. The number of nitrogens with zero attached hydrogens (tertiary/aromatic N) is 1. The van der Waals surface area contributed by atoms with Gasteiger partial charge in [-0.25, -0.2) is 4.98 Å². The molecular weight excluding hydrogens is 300 g/mol. The third-order valence-corrected chi connectivity index (χ3v) is 4.59. The molecule has 2 aromatic carbocycles. The van der Waals surface area contributed by atoms with Crippen molar-refractivity contribution in [1.82, 2.24) is 10.5 Å². The Labute approximate surface area is 141 Å². The van der Waals surface area contributed by atoms with Crippen molar-refractivity contribution in [2.75, 3.05) is 0 Å². The van der Waals surface area contributed by atoms with E-state index in [2.05, 4.69) is 22.6 Å². The van der Waals surface area contributed by atoms with Crippen molar-refractivity contribution in [3.8, 4) is 11.5 Å². The summed E-state index contributed by atoms with van der Waals surface area (Å²) in [5.41, 5.74) is 7.02. The van der Waals surface area contributed by atoms with Crippen molar-refractivity contribution in [3.05, 3.63) is 54.1 Å². The van der Waals surface area contributed by atoms with Gasteiger partial charge >= 0.3 is 0 Å². The summed E-state index contributed by atoms with van der Waals surface area (Å²) in [7, 11) is 0. The van der Waals surface area contributed by atoms with Crippen LogP contribution in [0.15, 0.2) is 52.9 Å². The first kappa shape index (κ1) is 15.4. The summed E-state index contributed by atoms with van der Waals surface area (Å²) in [4.78, 5) is 10.2. The van der Waals surface area contributed by atoms with E-state index in [1.54, 1.807) is 0 Å². The molecule has 0 saturated heterocycles. The van der Waals surface area contributed by atoms with Crippen LogP contribution in [0, 0.1) is 0 Å². The molecule has 1 aliphatic rings. The molecule has 3 aromatic rings. The monoisotopic (exact) mass is 322 g/mol. The number of nitrogens with one attached hydrogen (secondary N) is 1. The highest BCUT2D eigenvalue weighted by Crippen LogP contribution is 2.24. The van der Waals surface area contributed by atoms with Crippen molar-refractivity contribution in [2.24, 2.45) is 0 Å². The number of hydrogen-bond donors (Lipinski definition) is 1. The largest absolute Gasteiger partial charge is 0.436 e. The Hall–Kier alpha value is -2.17. The number of hydroxylamine groups is 1. The van der Waals surface area contributed by atoms with Crippen LogP contribution in [0.4, 0.5) is 0 Å². The van der Waals surface area contributed by atoms with E-state index in [0.29, 0.717) is 18.5 Å². The lowest BCUT2D eigenvalue weighted by Crippen LogP contribution is -2.30. The number of oxazole rings is 1. The number of hydrogen-bond acceptors (Lipinski definition) is 4. The van der Waals surface area contributed by atoms with Crippen molar-refractivity contribution in [3.63, 3.8) is 0 Å². The molecule has 24 heavy (non-hydrogen) atoms. The lowest BCUT2D eigenvalue weighted by Gasteiger charge is -2.22. The Morgan fingerprint density at radius 1 is 1.00 bits per heavy atom. The average molecular weight is 322 g/mol. The van der Waals surface area contributed by atoms with Crippen LogP contribution in [-0.4, -0.2) is 11.0 Å². The second-order valence-corrected chi connectivity index (χ2v) is 6.43. The maximum Gasteiger partial charge on any atom is 0.227 e. The van der Waals surface area contributed by atoms with Gasteiger partial charge in [0.25, 0.3) is 0 Å². The molecule has 1 fully saturated rings. The molecule has 0 amide bonds. The molecule has 0 bridgehead atoms. The summed E-state index contributed by atoms with van der Waals surface area (Å²) in [5.74, 6) is 0.656. The van der Waals surface area contributed by atoms with E-state index >= 15 is 0 Å². The molecule has 1 N–H and O–H groups in total. The zero-order valence-electron chi connectivity index (χ0n) is 13.7. The summed E-state index contributed by atoms with van der Waals surface area (Å²) >= 11 is 0. The van der Waals surface area contributed by atoms with Gasteiger partial charge in [-0.3, -0.25) is 4.84 Å². The molecule has 4 rings (SSSR count). The highest BCUT2D eigenvalue weighted by Gasteiger charge is 2.13. The lowest BCUT2D eigenvalue weighted by atomic mass is 9.96. The maximum atomic E-state index is 5.80. The molecule has 1 aromatic heterocycles. The van der Waals surface area contributed by atoms with Crippen molar-refractivity contribution < 1.29 is 9.25 Å². The van der Waals surface area contributed by atoms with Crippen LogP contribution in [0.1, 0.15) is 37.7 Å². The van der Waals surface area contributed by atoms with Gasteiger partial charge in [-0.15, -0.1) is 0 Å². The second-order valence-electron chi connectivity index (χ2n) is 6.43. The third-order valence-electron chi connectivity index (χ3n) is 4.59. The topological polar surface area (TPSA) is 47.3 Å². The Morgan fingerprint density at radius 2 is 1.79 bits per heavy atom. The van der Waals surface area contributed by atoms with Crippen LogP contribution >= 0.6 is 0 Å². The van der Waals surface area contributed by atoms with Crippen LogP contribution < -0.4 is 5.48 Å². The molecule has 1 heterocycles. The van der Waals surface area contributed by atoms with E-state index in [4.69, 9.17) is 9.25 Å². The SMILES string of the molecule is c1ccc2oc(-c3ccc(CONC4CCCCC4)cc3)nc2c1. The minimum Gasteiger partial charge on any atom is -0.436 e. The highest BCUT2D eigenvalue weighted by molar-refractivity contribution is 5.75. The van der Waals surface area contributed by atoms with Crippen molar-refractivity contribution >= 4 is 11.1 Å². The molecule has 0 unspecified atom stereocenters. The first-order valence-corrected chi connectivity index (χ1v) is 8.71.